The minimum Gasteiger partial charge on any atom is -0.372 e. The van der Waals surface area contributed by atoms with Crippen molar-refractivity contribution >= 4 is 23.5 Å². The number of rotatable bonds is 18. The zero-order chi connectivity index (χ0) is 30.2. The van der Waals surface area contributed by atoms with Crippen LogP contribution in [0, 0.1) is 0 Å². The lowest BCUT2D eigenvalue weighted by Gasteiger charge is -2.37. The van der Waals surface area contributed by atoms with Crippen molar-refractivity contribution in [3.8, 4) is 0 Å². The molecule has 0 aliphatic carbocycles. The van der Waals surface area contributed by atoms with Gasteiger partial charge in [-0.3, -0.25) is 0 Å². The summed E-state index contributed by atoms with van der Waals surface area (Å²) in [4.78, 5) is 3.24. The van der Waals surface area contributed by atoms with Crippen LogP contribution in [0.1, 0.15) is 48.9 Å². The lowest BCUT2D eigenvalue weighted by molar-refractivity contribution is -0.000646. The number of azide groups is 1. The van der Waals surface area contributed by atoms with Gasteiger partial charge in [0.25, 0.3) is 0 Å². The van der Waals surface area contributed by atoms with Gasteiger partial charge in [0.05, 0.1) is 29.9 Å². The summed E-state index contributed by atoms with van der Waals surface area (Å²) in [5, 5.41) is 4.24. The lowest BCUT2D eigenvalue weighted by atomic mass is 9.80. The predicted octanol–water partition coefficient (Wildman–Crippen LogP) is 9.87. The summed E-state index contributed by atoms with van der Waals surface area (Å²) >= 11 is 3.84. The molecule has 0 saturated carbocycles. The maximum atomic E-state index is 9.58. The Balaban J connectivity index is 1.60. The minimum absolute atomic E-state index is 0.00799. The highest BCUT2D eigenvalue weighted by Crippen LogP contribution is 2.41. The van der Waals surface area contributed by atoms with Crippen molar-refractivity contribution in [3.63, 3.8) is 0 Å². The molecule has 0 aromatic heterocycles. The fraction of sp³-hybridized carbons (Fsp3) is 0.333. The highest BCUT2D eigenvalue weighted by molar-refractivity contribution is 8.17. The molecule has 4 aromatic rings. The smallest absolute Gasteiger partial charge is 0.143 e. The maximum absolute atomic E-state index is 9.58. The Kier molecular flexibility index (Phi) is 13.6. The third-order valence-electron chi connectivity index (χ3n) is 7.30. The van der Waals surface area contributed by atoms with Gasteiger partial charge >= 0.3 is 0 Å². The summed E-state index contributed by atoms with van der Waals surface area (Å²) < 4.78 is 13.9. The largest absolute Gasteiger partial charge is 0.372 e. The second-order valence-electron chi connectivity index (χ2n) is 10.1. The topological polar surface area (TPSA) is 67.2 Å². The summed E-state index contributed by atoms with van der Waals surface area (Å²) in [7, 11) is 0. The van der Waals surface area contributed by atoms with Crippen LogP contribution in [0.3, 0.4) is 0 Å². The molecule has 0 radical (unpaired) electrons. The van der Waals surface area contributed by atoms with E-state index in [0.29, 0.717) is 17.6 Å². The van der Waals surface area contributed by atoms with Gasteiger partial charge in [-0.25, -0.2) is 0 Å². The molecule has 0 fully saturated rings. The van der Waals surface area contributed by atoms with Crippen molar-refractivity contribution < 1.29 is 9.47 Å². The third kappa shape index (κ3) is 9.15. The molecule has 0 aliphatic rings. The fourth-order valence-electron chi connectivity index (χ4n) is 5.26. The Hall–Kier alpha value is -3.19. The van der Waals surface area contributed by atoms with Gasteiger partial charge < -0.3 is 9.47 Å². The number of hydrogen-bond acceptors (Lipinski definition) is 5. The molecule has 0 heterocycles. The van der Waals surface area contributed by atoms with Gasteiger partial charge in [0.1, 0.15) is 5.60 Å². The molecule has 5 nitrogen and oxygen atoms in total. The van der Waals surface area contributed by atoms with Crippen LogP contribution < -0.4 is 0 Å². The normalized spacial score (nSPS) is 12.9. The molecule has 224 valence electrons. The molecule has 4 aromatic carbocycles. The predicted molar refractivity (Wildman–Crippen MR) is 182 cm³/mol. The average Bonchev–Trinajstić information content (AvgIpc) is 3.07. The number of hydrogen-bond donors (Lipinski definition) is 0. The van der Waals surface area contributed by atoms with Crippen LogP contribution in [0.4, 0.5) is 0 Å². The van der Waals surface area contributed by atoms with Crippen molar-refractivity contribution in [2.45, 2.75) is 55.6 Å². The summed E-state index contributed by atoms with van der Waals surface area (Å²) in [6, 6.07) is 40.8. The Morgan fingerprint density at radius 1 is 0.698 bits per heavy atom. The Morgan fingerprint density at radius 2 is 1.16 bits per heavy atom. The van der Waals surface area contributed by atoms with Gasteiger partial charge in [-0.1, -0.05) is 140 Å². The SMILES string of the molecule is CCSC(SCC)[C@@H](CC[C@H](COC(c1ccccc1)(c1ccccc1)c1ccccc1)N=[N+]=[N-])OCc1ccccc1. The maximum Gasteiger partial charge on any atom is 0.143 e. The molecular formula is C36H41N3O2S2. The molecule has 2 atom stereocenters. The summed E-state index contributed by atoms with van der Waals surface area (Å²) in [6.07, 6.45) is 1.43. The summed E-state index contributed by atoms with van der Waals surface area (Å²) in [5.41, 5.74) is 12.9. The molecule has 7 heteroatoms. The second-order valence-corrected chi connectivity index (χ2v) is 13.3. The molecule has 0 N–H and O–H groups in total. The van der Waals surface area contributed by atoms with Crippen molar-refractivity contribution in [1.82, 2.24) is 0 Å². The first kappa shape index (κ1) is 32.7. The van der Waals surface area contributed by atoms with Crippen molar-refractivity contribution in [1.29, 1.82) is 0 Å². The number of benzene rings is 4. The van der Waals surface area contributed by atoms with E-state index in [9.17, 15) is 5.53 Å². The van der Waals surface area contributed by atoms with Gasteiger partial charge in [-0.05, 0) is 52.1 Å². The van der Waals surface area contributed by atoms with Crippen LogP contribution in [-0.2, 0) is 21.7 Å². The third-order valence-corrected chi connectivity index (χ3v) is 10.1. The highest BCUT2D eigenvalue weighted by atomic mass is 32.2. The Bertz CT molecular complexity index is 1270. The minimum atomic E-state index is -0.866. The molecule has 0 bridgehead atoms. The van der Waals surface area contributed by atoms with Gasteiger partial charge in [0.2, 0.25) is 0 Å². The van der Waals surface area contributed by atoms with Crippen LogP contribution in [0.15, 0.2) is 126 Å². The summed E-state index contributed by atoms with van der Waals surface area (Å²) in [6.45, 7) is 5.20. The van der Waals surface area contributed by atoms with Gasteiger partial charge in [-0.2, -0.15) is 0 Å². The van der Waals surface area contributed by atoms with Crippen LogP contribution in [0.25, 0.3) is 10.4 Å². The monoisotopic (exact) mass is 611 g/mol. The molecule has 0 amide bonds. The van der Waals surface area contributed by atoms with Gasteiger partial charge in [0, 0.05) is 4.91 Å². The van der Waals surface area contributed by atoms with Crippen LogP contribution >= 0.6 is 23.5 Å². The van der Waals surface area contributed by atoms with Crippen molar-refractivity contribution in [2.24, 2.45) is 5.11 Å². The number of thioether (sulfide) groups is 2. The van der Waals surface area contributed by atoms with Crippen LogP contribution in [-0.4, -0.2) is 34.8 Å². The lowest BCUT2D eigenvalue weighted by Crippen LogP contribution is -2.36. The van der Waals surface area contributed by atoms with Crippen LogP contribution in [0.5, 0.6) is 0 Å². The van der Waals surface area contributed by atoms with E-state index in [4.69, 9.17) is 9.47 Å². The molecule has 0 unspecified atom stereocenters. The van der Waals surface area contributed by atoms with E-state index < -0.39 is 5.60 Å². The summed E-state index contributed by atoms with van der Waals surface area (Å²) in [5.74, 6) is 2.03. The first-order chi connectivity index (χ1) is 21.2. The zero-order valence-electron chi connectivity index (χ0n) is 25.0. The van der Waals surface area contributed by atoms with Crippen LogP contribution in [0.2, 0.25) is 0 Å². The molecule has 0 spiro atoms. The standard InChI is InChI=1S/C36H41N3O2S2/c1-3-42-35(43-4-2)34(40-27-29-17-9-5-10-18-29)26-25-33(38-39-37)28-41-36(30-19-11-6-12-20-30,31-21-13-7-14-22-31)32-23-15-8-16-24-32/h5-24,33-35H,3-4,25-28H2,1-2H3/t33-,34-/m1/s1. The molecule has 0 aliphatic heterocycles. The van der Waals surface area contributed by atoms with E-state index in [-0.39, 0.29) is 18.8 Å². The van der Waals surface area contributed by atoms with E-state index in [1.165, 1.54) is 0 Å². The quantitative estimate of drug-likeness (QED) is 0.0369. The van der Waals surface area contributed by atoms with E-state index in [0.717, 1.165) is 40.2 Å². The fourth-order valence-corrected chi connectivity index (χ4v) is 7.98. The van der Waals surface area contributed by atoms with Crippen molar-refractivity contribution in [2.75, 3.05) is 18.1 Å². The molecule has 0 saturated heterocycles. The Labute approximate surface area is 265 Å². The zero-order valence-corrected chi connectivity index (χ0v) is 26.6. The first-order valence-electron chi connectivity index (χ1n) is 14.9. The van der Waals surface area contributed by atoms with Gasteiger partial charge in [-0.15, -0.1) is 23.5 Å². The first-order valence-corrected chi connectivity index (χ1v) is 17.0. The van der Waals surface area contributed by atoms with E-state index in [1.807, 2.05) is 96.3 Å². The second kappa shape index (κ2) is 17.8. The van der Waals surface area contributed by atoms with Crippen molar-refractivity contribution in [3.05, 3.63) is 154 Å². The molecule has 43 heavy (non-hydrogen) atoms. The molecule has 4 rings (SSSR count). The van der Waals surface area contributed by atoms with E-state index in [1.54, 1.807) is 0 Å². The number of ether oxygens (including phenoxy) is 2. The number of nitrogens with zero attached hydrogens (tertiary/aromatic N) is 3. The highest BCUT2D eigenvalue weighted by Gasteiger charge is 2.38. The molecular weight excluding hydrogens is 571 g/mol. The van der Waals surface area contributed by atoms with Gasteiger partial charge in [0.15, 0.2) is 0 Å². The average molecular weight is 612 g/mol. The Morgan fingerprint density at radius 3 is 1.60 bits per heavy atom. The van der Waals surface area contributed by atoms with E-state index >= 15 is 0 Å². The van der Waals surface area contributed by atoms with E-state index in [2.05, 4.69) is 72.4 Å².